The number of methoxy groups -OCH3 is 1. The maximum absolute atomic E-state index is 12.8. The highest BCUT2D eigenvalue weighted by Crippen LogP contribution is 2.34. The Labute approximate surface area is 168 Å². The van der Waals surface area contributed by atoms with E-state index in [1.807, 2.05) is 0 Å². The molecule has 3 N–H and O–H groups in total. The predicted octanol–water partition coefficient (Wildman–Crippen LogP) is 2.24. The summed E-state index contributed by atoms with van der Waals surface area (Å²) in [4.78, 5) is 24.3. The number of nitrogens with zero attached hydrogens (tertiary/aromatic N) is 1. The first-order valence-electron chi connectivity index (χ1n) is 8.09. The number of primary amides is 1. The van der Waals surface area contributed by atoms with Crippen molar-refractivity contribution in [3.05, 3.63) is 53.1 Å². The van der Waals surface area contributed by atoms with E-state index in [0.29, 0.717) is 0 Å². The van der Waals surface area contributed by atoms with Crippen LogP contribution < -0.4 is 20.1 Å². The first-order valence-corrected chi connectivity index (χ1v) is 10.3. The van der Waals surface area contributed by atoms with Gasteiger partial charge in [0, 0.05) is 5.02 Å². The lowest BCUT2D eigenvalue weighted by atomic mass is 10.1. The second kappa shape index (κ2) is 8.49. The summed E-state index contributed by atoms with van der Waals surface area (Å²) in [5.74, 6) is -1.16. The predicted molar refractivity (Wildman–Crippen MR) is 108 cm³/mol. The lowest BCUT2D eigenvalue weighted by Crippen LogP contribution is -2.45. The van der Waals surface area contributed by atoms with Gasteiger partial charge in [-0.2, -0.15) is 0 Å². The molecule has 2 amide bonds. The Kier molecular flexibility index (Phi) is 6.52. The van der Waals surface area contributed by atoms with Gasteiger partial charge in [-0.3, -0.25) is 13.9 Å². The van der Waals surface area contributed by atoms with Gasteiger partial charge in [-0.05, 0) is 37.3 Å². The van der Waals surface area contributed by atoms with Crippen LogP contribution in [0.5, 0.6) is 5.75 Å². The Balaban J connectivity index is 2.45. The number of carbonyl (C=O) groups is 2. The van der Waals surface area contributed by atoms with E-state index in [9.17, 15) is 18.0 Å². The van der Waals surface area contributed by atoms with Crippen LogP contribution in [0.15, 0.2) is 42.5 Å². The molecule has 10 heteroatoms. The van der Waals surface area contributed by atoms with Crippen molar-refractivity contribution in [3.8, 4) is 5.75 Å². The molecule has 0 aliphatic rings. The minimum absolute atomic E-state index is 0.106. The maximum Gasteiger partial charge on any atom is 0.250 e. The number of sulfonamides is 1. The second-order valence-corrected chi connectivity index (χ2v) is 8.25. The fourth-order valence-electron chi connectivity index (χ4n) is 2.66. The smallest absolute Gasteiger partial charge is 0.250 e. The van der Waals surface area contributed by atoms with Gasteiger partial charge in [0.25, 0.3) is 5.91 Å². The van der Waals surface area contributed by atoms with Gasteiger partial charge in [0.2, 0.25) is 15.9 Å². The van der Waals surface area contributed by atoms with Crippen molar-refractivity contribution in [1.29, 1.82) is 0 Å². The summed E-state index contributed by atoms with van der Waals surface area (Å²) >= 11 is 6.01. The molecule has 8 nitrogen and oxygen atoms in total. The van der Waals surface area contributed by atoms with Crippen LogP contribution in [0.2, 0.25) is 5.02 Å². The van der Waals surface area contributed by atoms with E-state index in [2.05, 4.69) is 5.32 Å². The van der Waals surface area contributed by atoms with E-state index in [1.165, 1.54) is 44.4 Å². The zero-order chi connectivity index (χ0) is 21.1. The molecule has 2 aromatic rings. The number of hydrogen-bond donors (Lipinski definition) is 2. The average Bonchev–Trinajstić information content (AvgIpc) is 2.61. The molecule has 0 saturated carbocycles. The van der Waals surface area contributed by atoms with Crippen LogP contribution in [-0.2, 0) is 14.8 Å². The second-order valence-electron chi connectivity index (χ2n) is 5.95. The van der Waals surface area contributed by atoms with Crippen molar-refractivity contribution in [2.45, 2.75) is 13.0 Å². The van der Waals surface area contributed by atoms with Crippen molar-refractivity contribution >= 4 is 44.8 Å². The van der Waals surface area contributed by atoms with Gasteiger partial charge in [0.1, 0.15) is 11.8 Å². The zero-order valence-corrected chi connectivity index (χ0v) is 17.0. The summed E-state index contributed by atoms with van der Waals surface area (Å²) in [5, 5.41) is 2.82. The quantitative estimate of drug-likeness (QED) is 0.705. The summed E-state index contributed by atoms with van der Waals surface area (Å²) in [6.45, 7) is 1.41. The van der Waals surface area contributed by atoms with Gasteiger partial charge in [-0.15, -0.1) is 0 Å². The Morgan fingerprint density at radius 1 is 1.21 bits per heavy atom. The van der Waals surface area contributed by atoms with Crippen LogP contribution in [0.1, 0.15) is 17.3 Å². The maximum atomic E-state index is 12.8. The largest absolute Gasteiger partial charge is 0.495 e. The number of ether oxygens (including phenoxy) is 1. The summed E-state index contributed by atoms with van der Waals surface area (Å²) in [6, 6.07) is 9.42. The van der Waals surface area contributed by atoms with Crippen LogP contribution in [0.3, 0.4) is 0 Å². The first-order chi connectivity index (χ1) is 13.1. The fourth-order valence-corrected chi connectivity index (χ4v) is 4.00. The van der Waals surface area contributed by atoms with Gasteiger partial charge >= 0.3 is 0 Å². The molecule has 0 aromatic heterocycles. The summed E-state index contributed by atoms with van der Waals surface area (Å²) < 4.78 is 31.0. The molecular formula is C18H20ClN3O5S. The number of anilines is 2. The Hall–Kier alpha value is -2.78. The molecule has 2 aromatic carbocycles. The molecule has 0 spiro atoms. The van der Waals surface area contributed by atoms with E-state index >= 15 is 0 Å². The third kappa shape index (κ3) is 4.73. The van der Waals surface area contributed by atoms with Crippen molar-refractivity contribution < 1.29 is 22.7 Å². The van der Waals surface area contributed by atoms with Crippen LogP contribution >= 0.6 is 11.6 Å². The standard InChI is InChI=1S/C18H20ClN3O5S/c1-11(18(24)21-14-7-5-4-6-13(14)17(20)23)22(28(3,25)26)15-10-12(19)8-9-16(15)27-2/h4-11H,1-3H3,(H2,20,23)(H,21,24). The number of nitrogens with one attached hydrogen (secondary N) is 1. The summed E-state index contributed by atoms with van der Waals surface area (Å²) in [6.07, 6.45) is 0.967. The number of hydrogen-bond acceptors (Lipinski definition) is 5. The van der Waals surface area contributed by atoms with Crippen molar-refractivity contribution in [3.63, 3.8) is 0 Å². The minimum Gasteiger partial charge on any atom is -0.495 e. The molecule has 150 valence electrons. The topological polar surface area (TPSA) is 119 Å². The van der Waals surface area contributed by atoms with E-state index in [-0.39, 0.29) is 27.7 Å². The number of para-hydroxylation sites is 1. The van der Waals surface area contributed by atoms with Crippen LogP contribution in [0.4, 0.5) is 11.4 Å². The molecule has 0 fully saturated rings. The van der Waals surface area contributed by atoms with Crippen LogP contribution in [-0.4, -0.2) is 39.6 Å². The summed E-state index contributed by atoms with van der Waals surface area (Å²) in [7, 11) is -2.51. The van der Waals surface area contributed by atoms with Crippen molar-refractivity contribution in [1.82, 2.24) is 0 Å². The molecule has 0 bridgehead atoms. The molecule has 28 heavy (non-hydrogen) atoms. The fraction of sp³-hybridized carbons (Fsp3) is 0.222. The molecule has 0 radical (unpaired) electrons. The number of halogens is 1. The van der Waals surface area contributed by atoms with E-state index in [1.54, 1.807) is 12.1 Å². The third-order valence-corrected chi connectivity index (χ3v) is 5.38. The van der Waals surface area contributed by atoms with E-state index in [4.69, 9.17) is 22.1 Å². The number of nitrogens with two attached hydrogens (primary N) is 1. The molecular weight excluding hydrogens is 406 g/mol. The number of benzene rings is 2. The normalized spacial score (nSPS) is 12.1. The molecule has 0 aliphatic carbocycles. The van der Waals surface area contributed by atoms with Gasteiger partial charge in [0.05, 0.1) is 30.3 Å². The highest BCUT2D eigenvalue weighted by molar-refractivity contribution is 7.92. The van der Waals surface area contributed by atoms with Crippen molar-refractivity contribution in [2.24, 2.45) is 5.73 Å². The van der Waals surface area contributed by atoms with E-state index in [0.717, 1.165) is 10.6 Å². The van der Waals surface area contributed by atoms with Crippen LogP contribution in [0, 0.1) is 0 Å². The van der Waals surface area contributed by atoms with Crippen LogP contribution in [0.25, 0.3) is 0 Å². The molecule has 1 unspecified atom stereocenters. The molecule has 0 aliphatic heterocycles. The van der Waals surface area contributed by atoms with E-state index < -0.39 is 27.9 Å². The van der Waals surface area contributed by atoms with Gasteiger partial charge in [-0.25, -0.2) is 8.42 Å². The highest BCUT2D eigenvalue weighted by atomic mass is 35.5. The summed E-state index contributed by atoms with van der Waals surface area (Å²) in [5.41, 5.74) is 5.71. The average molecular weight is 426 g/mol. The SMILES string of the molecule is COc1ccc(Cl)cc1N(C(C)C(=O)Nc1ccccc1C(N)=O)S(C)(=O)=O. The zero-order valence-electron chi connectivity index (χ0n) is 15.5. The Morgan fingerprint density at radius 3 is 2.43 bits per heavy atom. The number of amides is 2. The number of rotatable bonds is 7. The van der Waals surface area contributed by atoms with Gasteiger partial charge in [-0.1, -0.05) is 23.7 Å². The molecule has 0 saturated heterocycles. The lowest BCUT2D eigenvalue weighted by Gasteiger charge is -2.29. The minimum atomic E-state index is -3.89. The first kappa shape index (κ1) is 21.5. The lowest BCUT2D eigenvalue weighted by molar-refractivity contribution is -0.116. The molecule has 2 rings (SSSR count). The third-order valence-electron chi connectivity index (χ3n) is 3.92. The van der Waals surface area contributed by atoms with Gasteiger partial charge in [0.15, 0.2) is 0 Å². The molecule has 1 atom stereocenters. The highest BCUT2D eigenvalue weighted by Gasteiger charge is 2.32. The Morgan fingerprint density at radius 2 is 1.86 bits per heavy atom. The van der Waals surface area contributed by atoms with Crippen molar-refractivity contribution in [2.75, 3.05) is 23.0 Å². The Bertz CT molecular complexity index is 1010. The molecule has 0 heterocycles. The number of carbonyl (C=O) groups excluding carboxylic acids is 2. The van der Waals surface area contributed by atoms with Gasteiger partial charge < -0.3 is 15.8 Å². The monoisotopic (exact) mass is 425 g/mol.